The molecule has 2 heterocycles. The van der Waals surface area contributed by atoms with Crippen LogP contribution in [0.15, 0.2) is 35.7 Å². The van der Waals surface area contributed by atoms with E-state index in [2.05, 4.69) is 4.98 Å². The highest BCUT2D eigenvalue weighted by Gasteiger charge is 2.27. The molecule has 1 amide bonds. The highest BCUT2D eigenvalue weighted by atomic mass is 32.1. The summed E-state index contributed by atoms with van der Waals surface area (Å²) in [5.41, 5.74) is 1.75. The highest BCUT2D eigenvalue weighted by Crippen LogP contribution is 2.16. The Balaban J connectivity index is 1.52. The number of hydrogen-bond donors (Lipinski definition) is 1. The van der Waals surface area contributed by atoms with Gasteiger partial charge in [-0.2, -0.15) is 0 Å². The lowest BCUT2D eigenvalue weighted by atomic mass is 10.2. The third-order valence-corrected chi connectivity index (χ3v) is 4.83. The third-order valence-electron chi connectivity index (χ3n) is 4.01. The van der Waals surface area contributed by atoms with Crippen molar-refractivity contribution in [1.82, 2.24) is 9.88 Å². The number of aromatic nitrogens is 1. The standard InChI is InChI=1S/C19H20N2O5S/c1-13-20-15(12-27-13)11-26-16-5-2-14(3-6-16)4-7-18(22)21-8-9-25-17(10-21)19(23)24/h2-7,12,17H,8-11H2,1H3,(H,23,24)/b7-4+. The maximum Gasteiger partial charge on any atom is 0.334 e. The van der Waals surface area contributed by atoms with E-state index in [0.29, 0.717) is 13.2 Å². The summed E-state index contributed by atoms with van der Waals surface area (Å²) < 4.78 is 10.8. The van der Waals surface area contributed by atoms with E-state index in [0.717, 1.165) is 22.0 Å². The summed E-state index contributed by atoms with van der Waals surface area (Å²) >= 11 is 1.59. The van der Waals surface area contributed by atoms with Crippen LogP contribution in [0.4, 0.5) is 0 Å². The van der Waals surface area contributed by atoms with Gasteiger partial charge in [0.15, 0.2) is 6.10 Å². The van der Waals surface area contributed by atoms with E-state index in [1.165, 1.54) is 11.0 Å². The first-order valence-electron chi connectivity index (χ1n) is 8.46. The summed E-state index contributed by atoms with van der Waals surface area (Å²) in [5, 5.41) is 12.0. The largest absolute Gasteiger partial charge is 0.487 e. The van der Waals surface area contributed by atoms with Crippen LogP contribution in [0.3, 0.4) is 0 Å². The van der Waals surface area contributed by atoms with Gasteiger partial charge in [-0.3, -0.25) is 4.79 Å². The van der Waals surface area contributed by atoms with Crippen molar-refractivity contribution in [3.8, 4) is 5.75 Å². The Hall–Kier alpha value is -2.71. The van der Waals surface area contributed by atoms with Gasteiger partial charge >= 0.3 is 5.97 Å². The Morgan fingerprint density at radius 2 is 2.19 bits per heavy atom. The van der Waals surface area contributed by atoms with E-state index in [1.54, 1.807) is 17.4 Å². The number of thiazole rings is 1. The van der Waals surface area contributed by atoms with E-state index in [1.807, 2.05) is 36.6 Å². The van der Waals surface area contributed by atoms with Crippen molar-refractivity contribution >= 4 is 29.3 Å². The van der Waals surface area contributed by atoms with Gasteiger partial charge in [0.25, 0.3) is 0 Å². The van der Waals surface area contributed by atoms with Crippen LogP contribution in [-0.2, 0) is 20.9 Å². The van der Waals surface area contributed by atoms with Crippen molar-refractivity contribution < 1.29 is 24.2 Å². The molecule has 0 bridgehead atoms. The number of benzene rings is 1. The molecular formula is C19H20N2O5S. The summed E-state index contributed by atoms with van der Waals surface area (Å²) in [4.78, 5) is 29.0. The zero-order valence-electron chi connectivity index (χ0n) is 14.8. The first-order chi connectivity index (χ1) is 13.0. The summed E-state index contributed by atoms with van der Waals surface area (Å²) in [6, 6.07) is 7.37. The molecule has 1 saturated heterocycles. The molecule has 1 aliphatic rings. The molecule has 8 heteroatoms. The molecule has 1 unspecified atom stereocenters. The first-order valence-corrected chi connectivity index (χ1v) is 9.34. The number of carbonyl (C=O) groups is 2. The molecular weight excluding hydrogens is 368 g/mol. The third kappa shape index (κ3) is 5.38. The molecule has 1 fully saturated rings. The molecule has 27 heavy (non-hydrogen) atoms. The number of morpholine rings is 1. The average molecular weight is 388 g/mol. The molecule has 1 aliphatic heterocycles. The number of hydrogen-bond acceptors (Lipinski definition) is 6. The predicted octanol–water partition coefficient (Wildman–Crippen LogP) is 2.36. The van der Waals surface area contributed by atoms with E-state index >= 15 is 0 Å². The lowest BCUT2D eigenvalue weighted by Crippen LogP contribution is -2.48. The molecule has 0 radical (unpaired) electrons. The molecule has 0 saturated carbocycles. The van der Waals surface area contributed by atoms with E-state index in [9.17, 15) is 9.59 Å². The predicted molar refractivity (Wildman–Crippen MR) is 101 cm³/mol. The monoisotopic (exact) mass is 388 g/mol. The second-order valence-corrected chi connectivity index (χ2v) is 7.09. The number of carboxylic acids is 1. The minimum atomic E-state index is -1.06. The van der Waals surface area contributed by atoms with Gasteiger partial charge in [0.2, 0.25) is 5.91 Å². The molecule has 142 valence electrons. The summed E-state index contributed by atoms with van der Waals surface area (Å²) in [6.07, 6.45) is 2.17. The Labute approximate surface area is 160 Å². The number of carbonyl (C=O) groups excluding carboxylic acids is 1. The normalized spacial score (nSPS) is 17.2. The van der Waals surface area contributed by atoms with Crippen LogP contribution in [0, 0.1) is 6.92 Å². The SMILES string of the molecule is Cc1nc(COc2ccc(/C=C/C(=O)N3CCOC(C(=O)O)C3)cc2)cs1. The number of ether oxygens (including phenoxy) is 2. The van der Waals surface area contributed by atoms with Crippen molar-refractivity contribution in [1.29, 1.82) is 0 Å². The zero-order chi connectivity index (χ0) is 19.2. The molecule has 0 spiro atoms. The van der Waals surface area contributed by atoms with Crippen molar-refractivity contribution in [3.05, 3.63) is 52.0 Å². The number of carboxylic acid groups (broad SMARTS) is 1. The maximum absolute atomic E-state index is 12.2. The summed E-state index contributed by atoms with van der Waals surface area (Å²) in [7, 11) is 0. The fourth-order valence-corrected chi connectivity index (χ4v) is 3.18. The number of rotatable bonds is 6. The number of nitrogens with zero attached hydrogens (tertiary/aromatic N) is 2. The van der Waals surface area contributed by atoms with Crippen LogP contribution in [0.25, 0.3) is 6.08 Å². The van der Waals surface area contributed by atoms with Gasteiger partial charge < -0.3 is 19.5 Å². The van der Waals surface area contributed by atoms with Gasteiger partial charge in [0.05, 0.1) is 23.9 Å². The lowest BCUT2D eigenvalue weighted by molar-refractivity contribution is -0.158. The van der Waals surface area contributed by atoms with Crippen LogP contribution in [-0.4, -0.2) is 52.7 Å². The van der Waals surface area contributed by atoms with Crippen LogP contribution < -0.4 is 4.74 Å². The maximum atomic E-state index is 12.2. The van der Waals surface area contributed by atoms with Gasteiger partial charge in [0.1, 0.15) is 12.4 Å². The molecule has 0 aliphatic carbocycles. The lowest BCUT2D eigenvalue weighted by Gasteiger charge is -2.30. The fourth-order valence-electron chi connectivity index (χ4n) is 2.58. The van der Waals surface area contributed by atoms with Crippen LogP contribution in [0.2, 0.25) is 0 Å². The Kier molecular flexibility index (Phi) is 6.20. The number of amides is 1. The molecule has 1 atom stereocenters. The van der Waals surface area contributed by atoms with Crippen molar-refractivity contribution in [2.75, 3.05) is 19.7 Å². The van der Waals surface area contributed by atoms with E-state index < -0.39 is 12.1 Å². The van der Waals surface area contributed by atoms with Crippen molar-refractivity contribution in [3.63, 3.8) is 0 Å². The average Bonchev–Trinajstić information content (AvgIpc) is 3.10. The number of aliphatic carboxylic acids is 1. The fraction of sp³-hybridized carbons (Fsp3) is 0.316. The van der Waals surface area contributed by atoms with Gasteiger partial charge in [-0.15, -0.1) is 11.3 Å². The van der Waals surface area contributed by atoms with Crippen molar-refractivity contribution in [2.45, 2.75) is 19.6 Å². The molecule has 1 aromatic carbocycles. The van der Waals surface area contributed by atoms with Gasteiger partial charge in [-0.25, -0.2) is 9.78 Å². The molecule has 1 N–H and O–H groups in total. The van der Waals surface area contributed by atoms with Gasteiger partial charge in [-0.1, -0.05) is 12.1 Å². The quantitative estimate of drug-likeness (QED) is 0.764. The van der Waals surface area contributed by atoms with Crippen LogP contribution in [0.5, 0.6) is 5.75 Å². The Bertz CT molecular complexity index is 831. The second kappa shape index (κ2) is 8.79. The summed E-state index contributed by atoms with van der Waals surface area (Å²) in [5.74, 6) is -0.565. The smallest absolute Gasteiger partial charge is 0.334 e. The van der Waals surface area contributed by atoms with Crippen LogP contribution >= 0.6 is 11.3 Å². The molecule has 1 aromatic heterocycles. The van der Waals surface area contributed by atoms with Crippen molar-refractivity contribution in [2.24, 2.45) is 0 Å². The van der Waals surface area contributed by atoms with Gasteiger partial charge in [-0.05, 0) is 30.7 Å². The minimum Gasteiger partial charge on any atom is -0.487 e. The first kappa shape index (κ1) is 19.1. The molecule has 2 aromatic rings. The van der Waals surface area contributed by atoms with Gasteiger partial charge in [0, 0.05) is 18.0 Å². The second-order valence-electron chi connectivity index (χ2n) is 6.03. The van der Waals surface area contributed by atoms with E-state index in [-0.39, 0.29) is 19.1 Å². The molecule has 7 nitrogen and oxygen atoms in total. The topological polar surface area (TPSA) is 89.0 Å². The molecule has 3 rings (SSSR count). The highest BCUT2D eigenvalue weighted by molar-refractivity contribution is 7.09. The minimum absolute atomic E-state index is 0.0569. The van der Waals surface area contributed by atoms with Crippen LogP contribution in [0.1, 0.15) is 16.3 Å². The zero-order valence-corrected chi connectivity index (χ0v) is 15.6. The van der Waals surface area contributed by atoms with E-state index in [4.69, 9.17) is 14.6 Å². The number of aryl methyl sites for hydroxylation is 1. The summed E-state index contributed by atoms with van der Waals surface area (Å²) in [6.45, 7) is 3.04. The Morgan fingerprint density at radius 1 is 1.41 bits per heavy atom. The Morgan fingerprint density at radius 3 is 2.85 bits per heavy atom.